The van der Waals surface area contributed by atoms with Gasteiger partial charge in [-0.25, -0.2) is 0 Å². The van der Waals surface area contributed by atoms with E-state index in [1.807, 2.05) is 30.3 Å². The number of carbonyl (C=O) groups is 1. The highest BCUT2D eigenvalue weighted by Gasteiger charge is 2.20. The zero-order chi connectivity index (χ0) is 17.4. The minimum atomic E-state index is -0.220. The summed E-state index contributed by atoms with van der Waals surface area (Å²) < 4.78 is 0. The van der Waals surface area contributed by atoms with Gasteiger partial charge >= 0.3 is 0 Å². The molecule has 2 rings (SSSR count). The average Bonchev–Trinajstić information content (AvgIpc) is 2.54. The molecule has 1 aromatic carbocycles. The maximum absolute atomic E-state index is 12.0. The predicted molar refractivity (Wildman–Crippen MR) is 114 cm³/mol. The predicted octanol–water partition coefficient (Wildman–Crippen LogP) is 3.79. The Morgan fingerprint density at radius 3 is 2.38 bits per heavy atom. The molecule has 0 radical (unpaired) electrons. The summed E-state index contributed by atoms with van der Waals surface area (Å²) in [5.74, 6) is 1.67. The highest BCUT2D eigenvalue weighted by Crippen LogP contribution is 2.21. The summed E-state index contributed by atoms with van der Waals surface area (Å²) in [4.78, 5) is 14.6. The normalized spacial score (nSPS) is 21.2. The SMILES string of the molecule is CC1CC(C)CN(CCCCNC(=O)CC(N)c2ccccc2)C1.Cl.Cl. The van der Waals surface area contributed by atoms with Crippen LogP contribution in [-0.4, -0.2) is 37.0 Å². The number of likely N-dealkylation sites (tertiary alicyclic amines) is 1. The Morgan fingerprint density at radius 1 is 1.15 bits per heavy atom. The molecular weight excluding hydrogens is 369 g/mol. The Labute approximate surface area is 171 Å². The fourth-order valence-electron chi connectivity index (χ4n) is 3.75. The van der Waals surface area contributed by atoms with E-state index in [-0.39, 0.29) is 36.8 Å². The van der Waals surface area contributed by atoms with Crippen molar-refractivity contribution in [3.8, 4) is 0 Å². The number of unbranched alkanes of at least 4 members (excludes halogenated alkanes) is 1. The second-order valence-corrected chi connectivity index (χ2v) is 7.48. The van der Waals surface area contributed by atoms with Crippen molar-refractivity contribution in [3.63, 3.8) is 0 Å². The van der Waals surface area contributed by atoms with Crippen molar-refractivity contribution >= 4 is 30.7 Å². The van der Waals surface area contributed by atoms with Gasteiger partial charge in [-0.1, -0.05) is 44.2 Å². The van der Waals surface area contributed by atoms with Crippen molar-refractivity contribution in [1.82, 2.24) is 10.2 Å². The maximum atomic E-state index is 12.0. The van der Waals surface area contributed by atoms with Gasteiger partial charge in [0.1, 0.15) is 0 Å². The molecule has 0 aliphatic carbocycles. The quantitative estimate of drug-likeness (QED) is 0.648. The molecule has 26 heavy (non-hydrogen) atoms. The summed E-state index contributed by atoms with van der Waals surface area (Å²) in [5.41, 5.74) is 7.10. The van der Waals surface area contributed by atoms with Crippen LogP contribution in [-0.2, 0) is 4.79 Å². The molecule has 0 aromatic heterocycles. The molecule has 1 saturated heterocycles. The van der Waals surface area contributed by atoms with Crippen LogP contribution in [0.15, 0.2) is 30.3 Å². The summed E-state index contributed by atoms with van der Waals surface area (Å²) in [6.07, 6.45) is 3.88. The highest BCUT2D eigenvalue weighted by atomic mass is 35.5. The zero-order valence-corrected chi connectivity index (χ0v) is 17.7. The van der Waals surface area contributed by atoms with E-state index in [0.29, 0.717) is 6.42 Å². The topological polar surface area (TPSA) is 58.4 Å². The molecule has 1 fully saturated rings. The van der Waals surface area contributed by atoms with Gasteiger partial charge in [-0.05, 0) is 43.2 Å². The number of nitrogens with one attached hydrogen (secondary N) is 1. The highest BCUT2D eigenvalue weighted by molar-refractivity contribution is 5.85. The minimum Gasteiger partial charge on any atom is -0.356 e. The lowest BCUT2D eigenvalue weighted by Crippen LogP contribution is -2.39. The number of nitrogens with zero attached hydrogens (tertiary/aromatic N) is 1. The number of rotatable bonds is 8. The molecule has 0 saturated carbocycles. The van der Waals surface area contributed by atoms with Crippen molar-refractivity contribution in [1.29, 1.82) is 0 Å². The van der Waals surface area contributed by atoms with Gasteiger partial charge in [0, 0.05) is 32.1 Å². The van der Waals surface area contributed by atoms with E-state index in [0.717, 1.165) is 43.3 Å². The van der Waals surface area contributed by atoms with Crippen molar-refractivity contribution < 1.29 is 4.79 Å². The van der Waals surface area contributed by atoms with E-state index in [1.165, 1.54) is 19.5 Å². The third kappa shape index (κ3) is 9.22. The molecule has 1 aromatic rings. The molecule has 4 nitrogen and oxygen atoms in total. The van der Waals surface area contributed by atoms with E-state index >= 15 is 0 Å². The van der Waals surface area contributed by atoms with Crippen LogP contribution < -0.4 is 11.1 Å². The Bertz CT molecular complexity index is 491. The van der Waals surface area contributed by atoms with Crippen LogP contribution in [0.3, 0.4) is 0 Å². The smallest absolute Gasteiger partial charge is 0.221 e. The van der Waals surface area contributed by atoms with Crippen LogP contribution in [0, 0.1) is 11.8 Å². The molecule has 6 heteroatoms. The van der Waals surface area contributed by atoms with E-state index in [9.17, 15) is 4.79 Å². The molecule has 0 bridgehead atoms. The Balaban J connectivity index is 0.00000312. The molecule has 3 N–H and O–H groups in total. The lowest BCUT2D eigenvalue weighted by Gasteiger charge is -2.34. The fourth-order valence-corrected chi connectivity index (χ4v) is 3.75. The number of piperidine rings is 1. The summed E-state index contributed by atoms with van der Waals surface area (Å²) in [5, 5.41) is 3.00. The van der Waals surface area contributed by atoms with Gasteiger partial charge in [0.05, 0.1) is 0 Å². The molecule has 1 amide bonds. The van der Waals surface area contributed by atoms with Crippen LogP contribution >= 0.6 is 24.8 Å². The van der Waals surface area contributed by atoms with Gasteiger partial charge in [-0.3, -0.25) is 4.79 Å². The largest absolute Gasteiger partial charge is 0.356 e. The lowest BCUT2D eigenvalue weighted by molar-refractivity contribution is -0.121. The van der Waals surface area contributed by atoms with Gasteiger partial charge in [0.25, 0.3) is 0 Å². The lowest BCUT2D eigenvalue weighted by atomic mass is 9.92. The fraction of sp³-hybridized carbons (Fsp3) is 0.650. The Hall–Kier alpha value is -0.810. The van der Waals surface area contributed by atoms with Gasteiger partial charge in [-0.2, -0.15) is 0 Å². The Morgan fingerprint density at radius 2 is 1.77 bits per heavy atom. The van der Waals surface area contributed by atoms with Gasteiger partial charge in [-0.15, -0.1) is 24.8 Å². The van der Waals surface area contributed by atoms with Crippen LogP contribution in [0.1, 0.15) is 51.1 Å². The minimum absolute atomic E-state index is 0. The first kappa shape index (κ1) is 25.2. The summed E-state index contributed by atoms with van der Waals surface area (Å²) in [6, 6.07) is 9.59. The molecule has 1 heterocycles. The summed E-state index contributed by atoms with van der Waals surface area (Å²) >= 11 is 0. The zero-order valence-electron chi connectivity index (χ0n) is 16.0. The molecule has 0 spiro atoms. The van der Waals surface area contributed by atoms with Crippen LogP contribution in [0.25, 0.3) is 0 Å². The number of benzene rings is 1. The monoisotopic (exact) mass is 403 g/mol. The first-order valence-corrected chi connectivity index (χ1v) is 9.34. The number of carbonyl (C=O) groups excluding carboxylic acids is 1. The van der Waals surface area contributed by atoms with Crippen LogP contribution in [0.5, 0.6) is 0 Å². The third-order valence-electron chi connectivity index (χ3n) is 4.80. The van der Waals surface area contributed by atoms with Crippen molar-refractivity contribution in [2.45, 2.75) is 45.6 Å². The molecule has 1 aliphatic heterocycles. The first-order valence-electron chi connectivity index (χ1n) is 9.34. The number of hydrogen-bond acceptors (Lipinski definition) is 3. The first-order chi connectivity index (χ1) is 11.5. The molecule has 150 valence electrons. The number of nitrogens with two attached hydrogens (primary N) is 1. The van der Waals surface area contributed by atoms with Crippen molar-refractivity contribution in [2.24, 2.45) is 17.6 Å². The van der Waals surface area contributed by atoms with E-state index in [2.05, 4.69) is 24.1 Å². The summed E-state index contributed by atoms with van der Waals surface area (Å²) in [6.45, 7) is 9.04. The van der Waals surface area contributed by atoms with Gasteiger partial charge in [0.2, 0.25) is 5.91 Å². The van der Waals surface area contributed by atoms with Crippen LogP contribution in [0.2, 0.25) is 0 Å². The second-order valence-electron chi connectivity index (χ2n) is 7.48. The molecule has 3 atom stereocenters. The average molecular weight is 404 g/mol. The van der Waals surface area contributed by atoms with Crippen molar-refractivity contribution in [2.75, 3.05) is 26.2 Å². The molecule has 1 aliphatic rings. The van der Waals surface area contributed by atoms with Crippen LogP contribution in [0.4, 0.5) is 0 Å². The number of amides is 1. The number of halogens is 2. The molecular formula is C20H35Cl2N3O. The van der Waals surface area contributed by atoms with E-state index < -0.39 is 0 Å². The summed E-state index contributed by atoms with van der Waals surface area (Å²) in [7, 11) is 0. The maximum Gasteiger partial charge on any atom is 0.221 e. The second kappa shape index (κ2) is 13.4. The van der Waals surface area contributed by atoms with E-state index in [1.54, 1.807) is 0 Å². The number of hydrogen-bond donors (Lipinski definition) is 2. The van der Waals surface area contributed by atoms with Gasteiger partial charge < -0.3 is 16.0 Å². The van der Waals surface area contributed by atoms with E-state index in [4.69, 9.17) is 5.73 Å². The Kier molecular flexibility index (Phi) is 13.0. The standard InChI is InChI=1S/C20H33N3O.2ClH/c1-16-12-17(2)15-23(14-16)11-7-6-10-22-20(24)13-19(21)18-8-4-3-5-9-18;;/h3-5,8-9,16-17,19H,6-7,10-15,21H2,1-2H3,(H,22,24);2*1H. The molecule has 3 unspecified atom stereocenters. The van der Waals surface area contributed by atoms with Crippen molar-refractivity contribution in [3.05, 3.63) is 35.9 Å². The third-order valence-corrected chi connectivity index (χ3v) is 4.80. The van der Waals surface area contributed by atoms with Gasteiger partial charge in [0.15, 0.2) is 0 Å².